The summed E-state index contributed by atoms with van der Waals surface area (Å²) in [5.41, 5.74) is 3.10. The molecule has 2 aromatic carbocycles. The first-order valence-electron chi connectivity index (χ1n) is 8.57. The number of nitrogens with zero attached hydrogens (tertiary/aromatic N) is 2. The van der Waals surface area contributed by atoms with Crippen LogP contribution in [0.15, 0.2) is 54.6 Å². The molecule has 25 heavy (non-hydrogen) atoms. The number of fused-ring (bicyclic) bond motifs is 1. The highest BCUT2D eigenvalue weighted by atomic mass is 35.5. The van der Waals surface area contributed by atoms with Crippen LogP contribution in [0.5, 0.6) is 0 Å². The van der Waals surface area contributed by atoms with Crippen molar-refractivity contribution in [2.24, 2.45) is 5.92 Å². The van der Waals surface area contributed by atoms with Crippen molar-refractivity contribution in [3.63, 3.8) is 0 Å². The predicted molar refractivity (Wildman–Crippen MR) is 102 cm³/mol. The SMILES string of the molecule is Cl.O=C(c1nc2ccccc2n1Cc1ccccc1)C1CCNCC1. The topological polar surface area (TPSA) is 46.9 Å². The third-order valence-corrected chi connectivity index (χ3v) is 4.77. The summed E-state index contributed by atoms with van der Waals surface area (Å²) < 4.78 is 2.08. The molecule has 5 heteroatoms. The van der Waals surface area contributed by atoms with Crippen molar-refractivity contribution in [2.75, 3.05) is 13.1 Å². The Bertz CT molecular complexity index is 854. The van der Waals surface area contributed by atoms with Crippen LogP contribution < -0.4 is 5.32 Å². The van der Waals surface area contributed by atoms with Gasteiger partial charge in [-0.25, -0.2) is 4.98 Å². The van der Waals surface area contributed by atoms with Crippen LogP contribution in [-0.2, 0) is 6.54 Å². The van der Waals surface area contributed by atoms with Gasteiger partial charge in [-0.2, -0.15) is 0 Å². The van der Waals surface area contributed by atoms with Crippen LogP contribution >= 0.6 is 12.4 Å². The molecule has 0 saturated carbocycles. The minimum Gasteiger partial charge on any atom is -0.317 e. The number of Topliss-reactive ketones (excluding diaryl/α,β-unsaturated/α-hetero) is 1. The highest BCUT2D eigenvalue weighted by Gasteiger charge is 2.27. The number of para-hydroxylation sites is 2. The van der Waals surface area contributed by atoms with Gasteiger partial charge in [-0.15, -0.1) is 12.4 Å². The number of benzene rings is 2. The molecule has 0 aliphatic carbocycles. The van der Waals surface area contributed by atoms with Crippen LogP contribution in [0, 0.1) is 5.92 Å². The lowest BCUT2D eigenvalue weighted by Gasteiger charge is -2.21. The maximum Gasteiger partial charge on any atom is 0.201 e. The summed E-state index contributed by atoms with van der Waals surface area (Å²) in [6.45, 7) is 2.50. The Labute approximate surface area is 153 Å². The average Bonchev–Trinajstić information content (AvgIpc) is 3.01. The molecule has 1 fully saturated rings. The zero-order valence-electron chi connectivity index (χ0n) is 14.0. The van der Waals surface area contributed by atoms with Crippen molar-refractivity contribution >= 4 is 29.2 Å². The molecular weight excluding hydrogens is 334 g/mol. The number of ketones is 1. The second-order valence-electron chi connectivity index (χ2n) is 6.38. The summed E-state index contributed by atoms with van der Waals surface area (Å²) in [6.07, 6.45) is 1.79. The van der Waals surface area contributed by atoms with E-state index < -0.39 is 0 Å². The number of hydrogen-bond donors (Lipinski definition) is 1. The van der Waals surface area contributed by atoms with Gasteiger partial charge in [0.15, 0.2) is 5.82 Å². The van der Waals surface area contributed by atoms with Crippen LogP contribution in [0.3, 0.4) is 0 Å². The number of rotatable bonds is 4. The number of carbonyl (C=O) groups excluding carboxylic acids is 1. The number of nitrogens with one attached hydrogen (secondary N) is 1. The second kappa shape index (κ2) is 7.81. The fourth-order valence-corrected chi connectivity index (χ4v) is 3.46. The van der Waals surface area contributed by atoms with E-state index in [1.54, 1.807) is 0 Å². The van der Waals surface area contributed by atoms with Gasteiger partial charge >= 0.3 is 0 Å². The monoisotopic (exact) mass is 355 g/mol. The van der Waals surface area contributed by atoms with Crippen molar-refractivity contribution in [3.05, 3.63) is 66.0 Å². The molecule has 1 aromatic heterocycles. The van der Waals surface area contributed by atoms with E-state index in [0.29, 0.717) is 12.4 Å². The van der Waals surface area contributed by atoms with E-state index in [0.717, 1.165) is 37.0 Å². The summed E-state index contributed by atoms with van der Waals surface area (Å²) >= 11 is 0. The third-order valence-electron chi connectivity index (χ3n) is 4.77. The molecule has 0 amide bonds. The van der Waals surface area contributed by atoms with E-state index in [1.165, 1.54) is 5.56 Å². The number of carbonyl (C=O) groups is 1. The Morgan fingerprint density at radius 3 is 2.48 bits per heavy atom. The molecule has 3 aromatic rings. The normalized spacial score (nSPS) is 15.0. The Balaban J connectivity index is 0.00000182. The summed E-state index contributed by atoms with van der Waals surface area (Å²) in [4.78, 5) is 17.7. The van der Waals surface area contributed by atoms with Gasteiger partial charge in [0.05, 0.1) is 11.0 Å². The molecule has 1 N–H and O–H groups in total. The standard InChI is InChI=1S/C20H21N3O.ClH/c24-19(16-10-12-21-13-11-16)20-22-17-8-4-5-9-18(17)23(20)14-15-6-2-1-3-7-15;/h1-9,16,21H,10-14H2;1H. The van der Waals surface area contributed by atoms with Gasteiger partial charge in [0, 0.05) is 12.5 Å². The molecule has 0 bridgehead atoms. The molecule has 0 radical (unpaired) electrons. The predicted octanol–water partition coefficient (Wildman–Crippen LogP) is 3.69. The van der Waals surface area contributed by atoms with Crippen molar-refractivity contribution in [3.8, 4) is 0 Å². The molecule has 1 aliphatic heterocycles. The van der Waals surface area contributed by atoms with Crippen LogP contribution in [0.2, 0.25) is 0 Å². The number of aromatic nitrogens is 2. The van der Waals surface area contributed by atoms with E-state index >= 15 is 0 Å². The zero-order valence-corrected chi connectivity index (χ0v) is 14.8. The average molecular weight is 356 g/mol. The number of piperidine rings is 1. The van der Waals surface area contributed by atoms with Crippen LogP contribution in [0.25, 0.3) is 11.0 Å². The Morgan fingerprint density at radius 1 is 1.04 bits per heavy atom. The van der Waals surface area contributed by atoms with Gasteiger partial charge < -0.3 is 9.88 Å². The van der Waals surface area contributed by atoms with Crippen LogP contribution in [-0.4, -0.2) is 28.4 Å². The molecule has 0 spiro atoms. The Hall–Kier alpha value is -2.17. The van der Waals surface area contributed by atoms with E-state index in [4.69, 9.17) is 0 Å². The van der Waals surface area contributed by atoms with Gasteiger partial charge in [-0.3, -0.25) is 4.79 Å². The van der Waals surface area contributed by atoms with Gasteiger partial charge in [0.1, 0.15) is 0 Å². The molecule has 4 rings (SSSR count). The number of hydrogen-bond acceptors (Lipinski definition) is 3. The molecule has 130 valence electrons. The largest absolute Gasteiger partial charge is 0.317 e. The van der Waals surface area contributed by atoms with E-state index in [1.807, 2.05) is 42.5 Å². The first kappa shape index (κ1) is 17.6. The third kappa shape index (κ3) is 3.60. The second-order valence-corrected chi connectivity index (χ2v) is 6.38. The van der Waals surface area contributed by atoms with Crippen molar-refractivity contribution in [1.29, 1.82) is 0 Å². The molecule has 0 unspecified atom stereocenters. The fourth-order valence-electron chi connectivity index (χ4n) is 3.46. The number of halogens is 1. The van der Waals surface area contributed by atoms with Crippen LogP contribution in [0.1, 0.15) is 29.0 Å². The van der Waals surface area contributed by atoms with E-state index in [2.05, 4.69) is 27.0 Å². The van der Waals surface area contributed by atoms with Gasteiger partial charge in [-0.05, 0) is 43.6 Å². The minimum absolute atomic E-state index is 0. The van der Waals surface area contributed by atoms with Crippen molar-refractivity contribution in [2.45, 2.75) is 19.4 Å². The molecular formula is C20H22ClN3O. The minimum atomic E-state index is 0. The van der Waals surface area contributed by atoms with Crippen LogP contribution in [0.4, 0.5) is 0 Å². The summed E-state index contributed by atoms with van der Waals surface area (Å²) in [5, 5.41) is 3.32. The Morgan fingerprint density at radius 2 is 1.72 bits per heavy atom. The van der Waals surface area contributed by atoms with Gasteiger partial charge in [0.25, 0.3) is 0 Å². The highest BCUT2D eigenvalue weighted by molar-refractivity contribution is 5.98. The lowest BCUT2D eigenvalue weighted by atomic mass is 9.93. The van der Waals surface area contributed by atoms with E-state index in [9.17, 15) is 4.79 Å². The maximum absolute atomic E-state index is 13.1. The lowest BCUT2D eigenvalue weighted by molar-refractivity contribution is 0.0880. The summed E-state index contributed by atoms with van der Waals surface area (Å²) in [6, 6.07) is 18.3. The van der Waals surface area contributed by atoms with E-state index in [-0.39, 0.29) is 24.1 Å². The molecule has 2 heterocycles. The first-order chi connectivity index (χ1) is 11.8. The maximum atomic E-state index is 13.1. The molecule has 1 aliphatic rings. The lowest BCUT2D eigenvalue weighted by Crippen LogP contribution is -2.33. The summed E-state index contributed by atoms with van der Waals surface area (Å²) in [5.74, 6) is 0.869. The smallest absolute Gasteiger partial charge is 0.201 e. The van der Waals surface area contributed by atoms with Crippen molar-refractivity contribution < 1.29 is 4.79 Å². The van der Waals surface area contributed by atoms with Gasteiger partial charge in [-0.1, -0.05) is 42.5 Å². The fraction of sp³-hybridized carbons (Fsp3) is 0.300. The number of imidazole rings is 1. The van der Waals surface area contributed by atoms with Gasteiger partial charge in [0.2, 0.25) is 5.78 Å². The van der Waals surface area contributed by atoms with Crippen molar-refractivity contribution in [1.82, 2.24) is 14.9 Å². The zero-order chi connectivity index (χ0) is 16.4. The highest BCUT2D eigenvalue weighted by Crippen LogP contribution is 2.23. The Kier molecular flexibility index (Phi) is 5.51. The molecule has 0 atom stereocenters. The molecule has 4 nitrogen and oxygen atoms in total. The molecule has 1 saturated heterocycles. The summed E-state index contributed by atoms with van der Waals surface area (Å²) in [7, 11) is 0. The first-order valence-corrected chi connectivity index (χ1v) is 8.57. The quantitative estimate of drug-likeness (QED) is 0.726.